The number of nitrogens with one attached hydrogen (secondary N) is 2. The fraction of sp³-hybridized carbons (Fsp3) is 0.455. The Kier molecular flexibility index (Phi) is 10.7. The van der Waals surface area contributed by atoms with Crippen molar-refractivity contribution >= 4 is 35.8 Å². The largest absolute Gasteiger partial charge is 0.494 e. The SMILES string of the molecule is CN=C(NCCCOc1ccccc1)NCc1ccnc(N2CCN(C)CC2)c1.I. The van der Waals surface area contributed by atoms with Gasteiger partial charge in [-0.25, -0.2) is 4.98 Å². The molecule has 0 radical (unpaired) electrons. The summed E-state index contributed by atoms with van der Waals surface area (Å²) in [6.45, 7) is 6.39. The highest BCUT2D eigenvalue weighted by atomic mass is 127. The summed E-state index contributed by atoms with van der Waals surface area (Å²) in [4.78, 5) is 13.6. The van der Waals surface area contributed by atoms with E-state index in [9.17, 15) is 0 Å². The number of rotatable bonds is 8. The van der Waals surface area contributed by atoms with Gasteiger partial charge in [0.15, 0.2) is 5.96 Å². The minimum absolute atomic E-state index is 0. The molecule has 30 heavy (non-hydrogen) atoms. The number of benzene rings is 1. The minimum atomic E-state index is 0. The molecule has 0 amide bonds. The molecule has 2 N–H and O–H groups in total. The Bertz CT molecular complexity index is 765. The molecule has 0 saturated carbocycles. The third kappa shape index (κ3) is 7.98. The third-order valence-electron chi connectivity index (χ3n) is 4.95. The van der Waals surface area contributed by atoms with Crippen LogP contribution in [0.1, 0.15) is 12.0 Å². The maximum Gasteiger partial charge on any atom is 0.191 e. The van der Waals surface area contributed by atoms with E-state index < -0.39 is 0 Å². The van der Waals surface area contributed by atoms with E-state index in [1.54, 1.807) is 7.05 Å². The van der Waals surface area contributed by atoms with Crippen LogP contribution in [0.5, 0.6) is 5.75 Å². The van der Waals surface area contributed by atoms with Crippen LogP contribution >= 0.6 is 24.0 Å². The van der Waals surface area contributed by atoms with Crippen molar-refractivity contribution in [2.45, 2.75) is 13.0 Å². The number of aromatic nitrogens is 1. The number of hydrogen-bond acceptors (Lipinski definition) is 5. The Morgan fingerprint density at radius 3 is 2.60 bits per heavy atom. The van der Waals surface area contributed by atoms with Crippen molar-refractivity contribution in [3.05, 3.63) is 54.2 Å². The Balaban J connectivity index is 0.00000320. The topological polar surface area (TPSA) is 65.0 Å². The van der Waals surface area contributed by atoms with Gasteiger partial charge < -0.3 is 25.2 Å². The first-order valence-corrected chi connectivity index (χ1v) is 10.3. The van der Waals surface area contributed by atoms with Gasteiger partial charge in [-0.1, -0.05) is 18.2 Å². The molecule has 0 aliphatic carbocycles. The molecule has 0 atom stereocenters. The molecule has 1 fully saturated rings. The molecule has 1 aromatic carbocycles. The van der Waals surface area contributed by atoms with Crippen molar-refractivity contribution in [3.63, 3.8) is 0 Å². The van der Waals surface area contributed by atoms with E-state index in [2.05, 4.69) is 43.5 Å². The fourth-order valence-electron chi connectivity index (χ4n) is 3.17. The first-order chi connectivity index (χ1) is 14.2. The predicted molar refractivity (Wildman–Crippen MR) is 134 cm³/mol. The average Bonchev–Trinajstić information content (AvgIpc) is 2.77. The molecule has 3 rings (SSSR count). The molecule has 0 spiro atoms. The van der Waals surface area contributed by atoms with Gasteiger partial charge in [-0.3, -0.25) is 4.99 Å². The summed E-state index contributed by atoms with van der Waals surface area (Å²) in [6, 6.07) is 14.1. The average molecular weight is 524 g/mol. The van der Waals surface area contributed by atoms with Crippen LogP contribution in [0.25, 0.3) is 0 Å². The van der Waals surface area contributed by atoms with Crippen LogP contribution in [0.3, 0.4) is 0 Å². The van der Waals surface area contributed by atoms with Crippen LogP contribution in [0.4, 0.5) is 5.82 Å². The zero-order valence-corrected chi connectivity index (χ0v) is 20.2. The summed E-state index contributed by atoms with van der Waals surface area (Å²) < 4.78 is 5.71. The van der Waals surface area contributed by atoms with Gasteiger partial charge in [0, 0.05) is 52.5 Å². The molecule has 2 aromatic rings. The first-order valence-electron chi connectivity index (χ1n) is 10.3. The number of anilines is 1. The minimum Gasteiger partial charge on any atom is -0.494 e. The van der Waals surface area contributed by atoms with Gasteiger partial charge >= 0.3 is 0 Å². The molecular weight excluding hydrogens is 491 g/mol. The van der Waals surface area contributed by atoms with E-state index in [-0.39, 0.29) is 24.0 Å². The van der Waals surface area contributed by atoms with Crippen molar-refractivity contribution in [2.75, 3.05) is 58.3 Å². The van der Waals surface area contributed by atoms with Crippen LogP contribution in [-0.4, -0.2) is 69.3 Å². The predicted octanol–water partition coefficient (Wildman–Crippen LogP) is 2.59. The summed E-state index contributed by atoms with van der Waals surface area (Å²) in [6.07, 6.45) is 2.79. The number of likely N-dealkylation sites (N-methyl/N-ethyl adjacent to an activating group) is 1. The molecule has 7 nitrogen and oxygen atoms in total. The molecule has 1 aliphatic heterocycles. The van der Waals surface area contributed by atoms with Gasteiger partial charge in [0.25, 0.3) is 0 Å². The quantitative estimate of drug-likeness (QED) is 0.240. The van der Waals surface area contributed by atoms with E-state index in [4.69, 9.17) is 4.74 Å². The van der Waals surface area contributed by atoms with Crippen molar-refractivity contribution in [1.29, 1.82) is 0 Å². The number of piperazine rings is 1. The number of aliphatic imine (C=N–C) groups is 1. The fourth-order valence-corrected chi connectivity index (χ4v) is 3.17. The number of hydrogen-bond donors (Lipinski definition) is 2. The number of ether oxygens (including phenoxy) is 1. The second-order valence-corrected chi connectivity index (χ2v) is 7.18. The summed E-state index contributed by atoms with van der Waals surface area (Å²) in [5, 5.41) is 6.71. The van der Waals surface area contributed by atoms with Crippen molar-refractivity contribution in [3.8, 4) is 5.75 Å². The van der Waals surface area contributed by atoms with E-state index in [0.717, 1.165) is 56.7 Å². The second kappa shape index (κ2) is 13.3. The lowest BCUT2D eigenvalue weighted by molar-refractivity contribution is 0.311. The molecule has 0 bridgehead atoms. The number of pyridine rings is 1. The molecular formula is C22H33IN6O. The van der Waals surface area contributed by atoms with Crippen LogP contribution in [0.15, 0.2) is 53.7 Å². The maximum absolute atomic E-state index is 5.71. The monoisotopic (exact) mass is 524 g/mol. The molecule has 164 valence electrons. The number of para-hydroxylation sites is 1. The molecule has 8 heteroatoms. The lowest BCUT2D eigenvalue weighted by Crippen LogP contribution is -2.44. The summed E-state index contributed by atoms with van der Waals surface area (Å²) in [7, 11) is 3.95. The molecule has 0 unspecified atom stereocenters. The van der Waals surface area contributed by atoms with Crippen LogP contribution in [0.2, 0.25) is 0 Å². The highest BCUT2D eigenvalue weighted by Gasteiger charge is 2.15. The summed E-state index contributed by atoms with van der Waals surface area (Å²) in [5.41, 5.74) is 1.20. The van der Waals surface area contributed by atoms with Gasteiger partial charge in [-0.2, -0.15) is 0 Å². The van der Waals surface area contributed by atoms with Crippen molar-refractivity contribution < 1.29 is 4.74 Å². The Hall–Kier alpha value is -2.07. The summed E-state index contributed by atoms with van der Waals surface area (Å²) in [5.74, 6) is 2.75. The highest BCUT2D eigenvalue weighted by Crippen LogP contribution is 2.14. The Morgan fingerprint density at radius 1 is 1.10 bits per heavy atom. The smallest absolute Gasteiger partial charge is 0.191 e. The Labute approximate surface area is 196 Å². The number of nitrogens with zero attached hydrogens (tertiary/aromatic N) is 4. The molecule has 1 aromatic heterocycles. The van der Waals surface area contributed by atoms with Gasteiger partial charge in [-0.15, -0.1) is 24.0 Å². The molecule has 1 saturated heterocycles. The Morgan fingerprint density at radius 2 is 1.87 bits per heavy atom. The number of guanidine groups is 1. The molecule has 2 heterocycles. The van der Waals surface area contributed by atoms with Crippen LogP contribution in [0, 0.1) is 0 Å². The maximum atomic E-state index is 5.71. The lowest BCUT2D eigenvalue weighted by atomic mass is 10.2. The van der Waals surface area contributed by atoms with Gasteiger partial charge in [0.2, 0.25) is 0 Å². The van der Waals surface area contributed by atoms with E-state index >= 15 is 0 Å². The van der Waals surface area contributed by atoms with E-state index in [1.807, 2.05) is 42.6 Å². The first kappa shape index (κ1) is 24.2. The van der Waals surface area contributed by atoms with Crippen molar-refractivity contribution in [2.24, 2.45) is 4.99 Å². The molecule has 1 aliphatic rings. The van der Waals surface area contributed by atoms with Crippen LogP contribution in [-0.2, 0) is 6.54 Å². The normalized spacial score (nSPS) is 14.7. The zero-order valence-electron chi connectivity index (χ0n) is 17.9. The van der Waals surface area contributed by atoms with Crippen molar-refractivity contribution in [1.82, 2.24) is 20.5 Å². The van der Waals surface area contributed by atoms with E-state index in [1.165, 1.54) is 5.56 Å². The van der Waals surface area contributed by atoms with Gasteiger partial charge in [-0.05, 0) is 43.3 Å². The van der Waals surface area contributed by atoms with Crippen LogP contribution < -0.4 is 20.3 Å². The lowest BCUT2D eigenvalue weighted by Gasteiger charge is -2.33. The van der Waals surface area contributed by atoms with Gasteiger partial charge in [0.1, 0.15) is 11.6 Å². The zero-order chi connectivity index (χ0) is 20.3. The van der Waals surface area contributed by atoms with Gasteiger partial charge in [0.05, 0.1) is 6.61 Å². The number of halogens is 1. The third-order valence-corrected chi connectivity index (χ3v) is 4.95. The summed E-state index contributed by atoms with van der Waals surface area (Å²) >= 11 is 0. The highest BCUT2D eigenvalue weighted by molar-refractivity contribution is 14.0. The standard InChI is InChI=1S/C22H32N6O.HI/c1-23-22(25-10-6-16-29-20-7-4-3-5-8-20)26-18-19-9-11-24-21(17-19)28-14-12-27(2)13-15-28;/h3-5,7-9,11,17H,6,10,12-16,18H2,1-2H3,(H2,23,25,26);1H. The van der Waals surface area contributed by atoms with E-state index in [0.29, 0.717) is 13.2 Å². The second-order valence-electron chi connectivity index (χ2n) is 7.18.